The molecule has 1 heteroatoms. The molecule has 0 spiro atoms. The summed E-state index contributed by atoms with van der Waals surface area (Å²) < 4.78 is 1.36. The highest BCUT2D eigenvalue weighted by atomic mass is 127. The lowest BCUT2D eigenvalue weighted by molar-refractivity contribution is 0.368. The summed E-state index contributed by atoms with van der Waals surface area (Å²) in [7, 11) is 0. The van der Waals surface area contributed by atoms with Crippen molar-refractivity contribution in [1.29, 1.82) is 0 Å². The maximum Gasteiger partial charge on any atom is 0.00239 e. The Labute approximate surface area is 71.5 Å². The average molecular weight is 238 g/mol. The molecule has 0 radical (unpaired) electrons. The van der Waals surface area contributed by atoms with Crippen molar-refractivity contribution in [1.82, 2.24) is 0 Å². The third-order valence-electron chi connectivity index (χ3n) is 2.29. The molecule has 9 heavy (non-hydrogen) atoms. The minimum Gasteiger partial charge on any atom is -0.0861 e. The lowest BCUT2D eigenvalue weighted by Gasteiger charge is -2.15. The average Bonchev–Trinajstić information content (AvgIpc) is 2.10. The van der Waals surface area contributed by atoms with Crippen LogP contribution in [0.25, 0.3) is 0 Å². The second kappa shape index (κ2) is 2.77. The molecule has 1 saturated carbocycles. The molecular weight excluding hydrogens is 223 g/mol. The summed E-state index contributed by atoms with van der Waals surface area (Å²) in [5.74, 6) is 1.03. The van der Waals surface area contributed by atoms with Crippen molar-refractivity contribution in [3.8, 4) is 0 Å². The maximum atomic E-state index is 2.51. The second-order valence-electron chi connectivity index (χ2n) is 3.93. The van der Waals surface area contributed by atoms with Crippen LogP contribution in [0, 0.1) is 11.3 Å². The number of hydrogen-bond donors (Lipinski definition) is 0. The van der Waals surface area contributed by atoms with Crippen LogP contribution in [0.15, 0.2) is 0 Å². The third-order valence-corrected chi connectivity index (χ3v) is 3.53. The summed E-state index contributed by atoms with van der Waals surface area (Å²) >= 11 is 2.51. The van der Waals surface area contributed by atoms with Crippen molar-refractivity contribution in [2.75, 3.05) is 4.43 Å². The van der Waals surface area contributed by atoms with Gasteiger partial charge in [-0.2, -0.15) is 0 Å². The smallest absolute Gasteiger partial charge is 0.00239 e. The molecule has 1 aliphatic rings. The van der Waals surface area contributed by atoms with Crippen LogP contribution < -0.4 is 0 Å². The molecule has 1 unspecified atom stereocenters. The van der Waals surface area contributed by atoms with Crippen molar-refractivity contribution in [2.24, 2.45) is 11.3 Å². The third kappa shape index (κ3) is 2.10. The Hall–Kier alpha value is 0.730. The van der Waals surface area contributed by atoms with Gasteiger partial charge in [0.2, 0.25) is 0 Å². The molecule has 0 nitrogen and oxygen atoms in total. The standard InChI is InChI=1S/C8H15I/c1-8(2)4-3-7(5-8)6-9/h7H,3-6H2,1-2H3. The van der Waals surface area contributed by atoms with Gasteiger partial charge in [-0.3, -0.25) is 0 Å². The largest absolute Gasteiger partial charge is 0.0861 e. The van der Waals surface area contributed by atoms with Gasteiger partial charge >= 0.3 is 0 Å². The van der Waals surface area contributed by atoms with Gasteiger partial charge in [0, 0.05) is 4.43 Å². The second-order valence-corrected chi connectivity index (χ2v) is 4.81. The van der Waals surface area contributed by atoms with Crippen molar-refractivity contribution in [2.45, 2.75) is 33.1 Å². The van der Waals surface area contributed by atoms with E-state index in [2.05, 4.69) is 36.4 Å². The normalized spacial score (nSPS) is 33.0. The summed E-state index contributed by atoms with van der Waals surface area (Å²) in [6.45, 7) is 4.78. The maximum absolute atomic E-state index is 2.51. The summed E-state index contributed by atoms with van der Waals surface area (Å²) in [5, 5.41) is 0. The highest BCUT2D eigenvalue weighted by Gasteiger charge is 2.29. The zero-order valence-electron chi connectivity index (χ0n) is 6.28. The van der Waals surface area contributed by atoms with Crippen LogP contribution in [0.4, 0.5) is 0 Å². The van der Waals surface area contributed by atoms with E-state index in [-0.39, 0.29) is 0 Å². The van der Waals surface area contributed by atoms with Gasteiger partial charge in [-0.1, -0.05) is 36.4 Å². The van der Waals surface area contributed by atoms with Crippen LogP contribution in [0.3, 0.4) is 0 Å². The van der Waals surface area contributed by atoms with E-state index in [0.29, 0.717) is 5.41 Å². The zero-order valence-corrected chi connectivity index (χ0v) is 8.44. The van der Waals surface area contributed by atoms with Gasteiger partial charge in [0.1, 0.15) is 0 Å². The molecule has 0 bridgehead atoms. The molecule has 1 fully saturated rings. The molecule has 0 saturated heterocycles. The summed E-state index contributed by atoms with van der Waals surface area (Å²) in [5.41, 5.74) is 0.663. The molecule has 1 atom stereocenters. The van der Waals surface area contributed by atoms with E-state index >= 15 is 0 Å². The molecule has 0 heterocycles. The quantitative estimate of drug-likeness (QED) is 0.486. The molecule has 0 aliphatic heterocycles. The fourth-order valence-corrected chi connectivity index (χ4v) is 2.46. The van der Waals surface area contributed by atoms with E-state index in [1.54, 1.807) is 0 Å². The van der Waals surface area contributed by atoms with Gasteiger partial charge in [-0.15, -0.1) is 0 Å². The molecule has 1 rings (SSSR count). The van der Waals surface area contributed by atoms with Crippen molar-refractivity contribution in [3.05, 3.63) is 0 Å². The topological polar surface area (TPSA) is 0 Å². The lowest BCUT2D eigenvalue weighted by Crippen LogP contribution is -2.05. The Balaban J connectivity index is 2.38. The van der Waals surface area contributed by atoms with E-state index in [1.165, 1.54) is 23.7 Å². The predicted octanol–water partition coefficient (Wildman–Crippen LogP) is 3.25. The number of rotatable bonds is 1. The highest BCUT2D eigenvalue weighted by Crippen LogP contribution is 2.41. The van der Waals surface area contributed by atoms with Gasteiger partial charge in [0.05, 0.1) is 0 Å². The van der Waals surface area contributed by atoms with E-state index < -0.39 is 0 Å². The van der Waals surface area contributed by atoms with E-state index in [9.17, 15) is 0 Å². The van der Waals surface area contributed by atoms with Crippen LogP contribution in [0.2, 0.25) is 0 Å². The summed E-state index contributed by atoms with van der Waals surface area (Å²) in [6, 6.07) is 0. The highest BCUT2D eigenvalue weighted by molar-refractivity contribution is 14.1. The predicted molar refractivity (Wildman–Crippen MR) is 50.0 cm³/mol. The molecule has 0 aromatic heterocycles. The molecule has 1 aliphatic carbocycles. The Bertz CT molecular complexity index is 96.7. The van der Waals surface area contributed by atoms with E-state index in [0.717, 1.165) is 5.92 Å². The molecule has 54 valence electrons. The van der Waals surface area contributed by atoms with E-state index in [1.807, 2.05) is 0 Å². The first kappa shape index (κ1) is 7.83. The van der Waals surface area contributed by atoms with Crippen LogP contribution in [0.1, 0.15) is 33.1 Å². The van der Waals surface area contributed by atoms with Crippen LogP contribution in [-0.4, -0.2) is 4.43 Å². The zero-order chi connectivity index (χ0) is 6.91. The molecular formula is C8H15I. The van der Waals surface area contributed by atoms with Crippen LogP contribution in [-0.2, 0) is 0 Å². The van der Waals surface area contributed by atoms with Gasteiger partial charge in [-0.05, 0) is 30.6 Å². The summed E-state index contributed by atoms with van der Waals surface area (Å²) in [6.07, 6.45) is 4.37. The fourth-order valence-electron chi connectivity index (χ4n) is 1.71. The summed E-state index contributed by atoms with van der Waals surface area (Å²) in [4.78, 5) is 0. The lowest BCUT2D eigenvalue weighted by atomic mass is 9.91. The Morgan fingerprint density at radius 1 is 1.56 bits per heavy atom. The van der Waals surface area contributed by atoms with Crippen molar-refractivity contribution in [3.63, 3.8) is 0 Å². The van der Waals surface area contributed by atoms with Gasteiger partial charge < -0.3 is 0 Å². The number of hydrogen-bond acceptors (Lipinski definition) is 0. The first-order valence-electron chi connectivity index (χ1n) is 3.70. The SMILES string of the molecule is CC1(C)CCC(CI)C1. The molecule has 0 N–H and O–H groups in total. The molecule has 0 amide bonds. The molecule has 0 aromatic rings. The van der Waals surface area contributed by atoms with Gasteiger partial charge in [0.15, 0.2) is 0 Å². The number of halogens is 1. The van der Waals surface area contributed by atoms with Crippen molar-refractivity contribution >= 4 is 22.6 Å². The van der Waals surface area contributed by atoms with E-state index in [4.69, 9.17) is 0 Å². The Morgan fingerprint density at radius 2 is 2.22 bits per heavy atom. The molecule has 0 aromatic carbocycles. The minimum atomic E-state index is 0.663. The van der Waals surface area contributed by atoms with Gasteiger partial charge in [0.25, 0.3) is 0 Å². The van der Waals surface area contributed by atoms with Gasteiger partial charge in [-0.25, -0.2) is 0 Å². The Morgan fingerprint density at radius 3 is 2.44 bits per heavy atom. The fraction of sp³-hybridized carbons (Fsp3) is 1.00. The Kier molecular flexibility index (Phi) is 2.41. The monoisotopic (exact) mass is 238 g/mol. The van der Waals surface area contributed by atoms with Crippen LogP contribution in [0.5, 0.6) is 0 Å². The first-order chi connectivity index (χ1) is 4.14. The van der Waals surface area contributed by atoms with Crippen LogP contribution >= 0.6 is 22.6 Å². The minimum absolute atomic E-state index is 0.663. The van der Waals surface area contributed by atoms with Crippen molar-refractivity contribution < 1.29 is 0 Å². The first-order valence-corrected chi connectivity index (χ1v) is 5.22. The number of alkyl halides is 1.